The minimum atomic E-state index is -0.734. The number of thiol groups is 1. The van der Waals surface area contributed by atoms with Crippen LogP contribution in [0.4, 0.5) is 0 Å². The van der Waals surface area contributed by atoms with E-state index in [1.165, 1.54) is 6.16 Å². The Morgan fingerprint density at radius 3 is 1.71 bits per heavy atom. The molecule has 0 bridgehead atoms. The summed E-state index contributed by atoms with van der Waals surface area (Å²) in [7, 11) is -0.734. The fourth-order valence-electron chi connectivity index (χ4n) is 0.335. The van der Waals surface area contributed by atoms with E-state index >= 15 is 0 Å². The fraction of sp³-hybridized carbons (Fsp3) is 1.00. The molecule has 7 heavy (non-hydrogen) atoms. The zero-order valence-corrected chi connectivity index (χ0v) is 7.26. The molecule has 0 aliphatic carbocycles. The molecule has 0 saturated heterocycles. The van der Waals surface area contributed by atoms with Gasteiger partial charge in [0.15, 0.2) is 0 Å². The van der Waals surface area contributed by atoms with Gasteiger partial charge < -0.3 is 0 Å². The van der Waals surface area contributed by atoms with Gasteiger partial charge in [0.1, 0.15) is 0 Å². The summed E-state index contributed by atoms with van der Waals surface area (Å²) in [5, 5.41) is 0. The van der Waals surface area contributed by atoms with Crippen molar-refractivity contribution in [3.05, 3.63) is 0 Å². The van der Waals surface area contributed by atoms with Gasteiger partial charge in [-0.05, 0) is 0 Å². The van der Waals surface area contributed by atoms with Crippen molar-refractivity contribution in [2.45, 2.75) is 0 Å². The van der Waals surface area contributed by atoms with Crippen LogP contribution in [0.2, 0.25) is 0 Å². The number of hydrogen-bond acceptors (Lipinski definition) is 1. The molecule has 0 spiro atoms. The Labute approximate surface area is 52.4 Å². The average molecular weight is 138 g/mol. The van der Waals surface area contributed by atoms with Crippen molar-refractivity contribution in [2.24, 2.45) is 0 Å². The van der Waals surface area contributed by atoms with Crippen molar-refractivity contribution in [1.82, 2.24) is 0 Å². The standard InChI is InChI=1S/C5H15PS/c1-6(2,3)4-5-7/h6-7H,4-5H2,1-3H3. The summed E-state index contributed by atoms with van der Waals surface area (Å²) in [4.78, 5) is 0. The molecule has 0 amide bonds. The molecule has 0 fully saturated rings. The van der Waals surface area contributed by atoms with Gasteiger partial charge in [0.05, 0.1) is 0 Å². The Bertz CT molecular complexity index is 46.5. The van der Waals surface area contributed by atoms with E-state index in [1.54, 1.807) is 0 Å². The molecule has 0 aliphatic heterocycles. The Morgan fingerprint density at radius 1 is 1.29 bits per heavy atom. The predicted molar refractivity (Wildman–Crippen MR) is 44.8 cm³/mol. The van der Waals surface area contributed by atoms with E-state index in [2.05, 4.69) is 32.6 Å². The molecule has 0 rings (SSSR count). The maximum atomic E-state index is 4.15. The molecule has 0 N–H and O–H groups in total. The molecule has 0 heterocycles. The average Bonchev–Trinajstić information content (AvgIpc) is 1.30. The first-order valence-electron chi connectivity index (χ1n) is 2.67. The maximum absolute atomic E-state index is 4.15. The van der Waals surface area contributed by atoms with Gasteiger partial charge in [-0.3, -0.25) is 0 Å². The molecular weight excluding hydrogens is 123 g/mol. The Balaban J connectivity index is 3.15. The monoisotopic (exact) mass is 138 g/mol. The summed E-state index contributed by atoms with van der Waals surface area (Å²) >= 11 is 4.15. The van der Waals surface area contributed by atoms with Crippen molar-refractivity contribution < 1.29 is 0 Å². The summed E-state index contributed by atoms with van der Waals surface area (Å²) in [6.07, 6.45) is 1.34. The van der Waals surface area contributed by atoms with Crippen molar-refractivity contribution in [1.29, 1.82) is 0 Å². The summed E-state index contributed by atoms with van der Waals surface area (Å²) in [6, 6.07) is 0. The van der Waals surface area contributed by atoms with Crippen LogP contribution in [0.5, 0.6) is 0 Å². The second-order valence-corrected chi connectivity index (χ2v) is 9.10. The molecular formula is C5H15PS. The van der Waals surface area contributed by atoms with Crippen LogP contribution in [0.15, 0.2) is 0 Å². The van der Waals surface area contributed by atoms with Crippen LogP contribution in [0.1, 0.15) is 0 Å². The van der Waals surface area contributed by atoms with Crippen LogP contribution in [0, 0.1) is 0 Å². The van der Waals surface area contributed by atoms with Crippen molar-refractivity contribution in [3.63, 3.8) is 0 Å². The number of hydrogen-bond donors (Lipinski definition) is 1. The summed E-state index contributed by atoms with van der Waals surface area (Å²) in [5.74, 6) is 1.07. The van der Waals surface area contributed by atoms with Crippen molar-refractivity contribution in [3.8, 4) is 0 Å². The van der Waals surface area contributed by atoms with Crippen LogP contribution in [-0.2, 0) is 0 Å². The van der Waals surface area contributed by atoms with Crippen molar-refractivity contribution in [2.75, 3.05) is 31.9 Å². The summed E-state index contributed by atoms with van der Waals surface area (Å²) < 4.78 is 0. The van der Waals surface area contributed by atoms with Gasteiger partial charge in [0.25, 0.3) is 0 Å². The van der Waals surface area contributed by atoms with E-state index in [-0.39, 0.29) is 0 Å². The van der Waals surface area contributed by atoms with Crippen LogP contribution in [0.25, 0.3) is 0 Å². The molecule has 0 saturated carbocycles. The first-order valence-corrected chi connectivity index (χ1v) is 7.01. The molecule has 0 nitrogen and oxygen atoms in total. The second kappa shape index (κ2) is 2.94. The van der Waals surface area contributed by atoms with E-state index in [9.17, 15) is 0 Å². The van der Waals surface area contributed by atoms with E-state index < -0.39 is 7.26 Å². The van der Waals surface area contributed by atoms with Gasteiger partial charge >= 0.3 is 51.8 Å². The molecule has 0 aromatic rings. The quantitative estimate of drug-likeness (QED) is 0.434. The van der Waals surface area contributed by atoms with E-state index in [0.717, 1.165) is 5.75 Å². The molecule has 0 unspecified atom stereocenters. The second-order valence-electron chi connectivity index (χ2n) is 3.03. The van der Waals surface area contributed by atoms with Gasteiger partial charge in [0, 0.05) is 0 Å². The zero-order valence-electron chi connectivity index (χ0n) is 5.36. The van der Waals surface area contributed by atoms with Gasteiger partial charge in [0.2, 0.25) is 0 Å². The summed E-state index contributed by atoms with van der Waals surface area (Å²) in [5.41, 5.74) is 0. The first kappa shape index (κ1) is 7.78. The molecule has 0 atom stereocenters. The summed E-state index contributed by atoms with van der Waals surface area (Å²) in [6.45, 7) is 7.09. The van der Waals surface area contributed by atoms with Crippen LogP contribution >= 0.6 is 19.9 Å². The molecule has 2 heteroatoms. The molecule has 46 valence electrons. The molecule has 0 aromatic heterocycles. The fourth-order valence-corrected chi connectivity index (χ4v) is 3.02. The van der Waals surface area contributed by atoms with E-state index in [1.807, 2.05) is 0 Å². The third-order valence-electron chi connectivity index (χ3n) is 0.862. The third kappa shape index (κ3) is 6.78. The Morgan fingerprint density at radius 2 is 1.71 bits per heavy atom. The SMILES string of the molecule is C[PH](C)(C)CCS. The van der Waals surface area contributed by atoms with Gasteiger partial charge in [-0.25, -0.2) is 0 Å². The minimum absolute atomic E-state index is 0.734. The van der Waals surface area contributed by atoms with Gasteiger partial charge in [-0.2, -0.15) is 0 Å². The molecule has 0 aliphatic rings. The van der Waals surface area contributed by atoms with Crippen LogP contribution < -0.4 is 0 Å². The molecule has 0 aromatic carbocycles. The Hall–Kier alpha value is 0.780. The van der Waals surface area contributed by atoms with Crippen molar-refractivity contribution >= 4 is 19.9 Å². The van der Waals surface area contributed by atoms with Gasteiger partial charge in [-0.15, -0.1) is 0 Å². The number of rotatable bonds is 2. The molecule has 0 radical (unpaired) electrons. The first-order chi connectivity index (χ1) is 3.06. The van der Waals surface area contributed by atoms with Crippen LogP contribution in [0.3, 0.4) is 0 Å². The van der Waals surface area contributed by atoms with Crippen LogP contribution in [-0.4, -0.2) is 31.9 Å². The van der Waals surface area contributed by atoms with E-state index in [4.69, 9.17) is 0 Å². The zero-order chi connectivity index (χ0) is 5.91. The normalized spacial score (nSPS) is 14.3. The topological polar surface area (TPSA) is 0 Å². The third-order valence-corrected chi connectivity index (χ3v) is 3.26. The predicted octanol–water partition coefficient (Wildman–Crippen LogP) is 1.56. The Kier molecular flexibility index (Phi) is 3.27. The van der Waals surface area contributed by atoms with Gasteiger partial charge in [-0.1, -0.05) is 0 Å². The van der Waals surface area contributed by atoms with E-state index in [0.29, 0.717) is 0 Å².